The Bertz CT molecular complexity index is 116. The van der Waals surface area contributed by atoms with E-state index in [9.17, 15) is 0 Å². The van der Waals surface area contributed by atoms with Crippen LogP contribution in [-0.2, 0) is 0 Å². The summed E-state index contributed by atoms with van der Waals surface area (Å²) in [6, 6.07) is 0. The zero-order valence-corrected chi connectivity index (χ0v) is 9.13. The number of rotatable bonds is 8. The van der Waals surface area contributed by atoms with E-state index >= 15 is 0 Å². The standard InChI is InChI=1S/C12H24O/c1-3-4-5-6-7-8-9-10-11-12(2)13/h9-10,12-13H,3-8,11H2,1-2H3. The molecule has 0 fully saturated rings. The Balaban J connectivity index is 3.02. The second kappa shape index (κ2) is 9.79. The monoisotopic (exact) mass is 184 g/mol. The van der Waals surface area contributed by atoms with Crippen LogP contribution in [0.25, 0.3) is 0 Å². The number of aliphatic hydroxyl groups is 1. The van der Waals surface area contributed by atoms with Gasteiger partial charge < -0.3 is 5.11 Å². The topological polar surface area (TPSA) is 20.2 Å². The fourth-order valence-electron chi connectivity index (χ4n) is 1.28. The Morgan fingerprint density at radius 3 is 2.38 bits per heavy atom. The SMILES string of the molecule is CCCCCCCC=CCC(C)O. The fourth-order valence-corrected chi connectivity index (χ4v) is 1.28. The van der Waals surface area contributed by atoms with Crippen LogP contribution in [-0.4, -0.2) is 11.2 Å². The summed E-state index contributed by atoms with van der Waals surface area (Å²) in [4.78, 5) is 0. The molecular weight excluding hydrogens is 160 g/mol. The van der Waals surface area contributed by atoms with Crippen molar-refractivity contribution in [1.82, 2.24) is 0 Å². The normalized spacial score (nSPS) is 13.8. The van der Waals surface area contributed by atoms with Gasteiger partial charge in [-0.15, -0.1) is 0 Å². The van der Waals surface area contributed by atoms with E-state index in [4.69, 9.17) is 5.11 Å². The summed E-state index contributed by atoms with van der Waals surface area (Å²) >= 11 is 0. The summed E-state index contributed by atoms with van der Waals surface area (Å²) in [6.45, 7) is 4.06. The van der Waals surface area contributed by atoms with Crippen molar-refractivity contribution < 1.29 is 5.11 Å². The van der Waals surface area contributed by atoms with Gasteiger partial charge in [0, 0.05) is 0 Å². The molecule has 0 spiro atoms. The Morgan fingerprint density at radius 1 is 1.08 bits per heavy atom. The van der Waals surface area contributed by atoms with Crippen LogP contribution in [0.5, 0.6) is 0 Å². The summed E-state index contributed by atoms with van der Waals surface area (Å²) in [7, 11) is 0. The van der Waals surface area contributed by atoms with Crippen molar-refractivity contribution in [3.8, 4) is 0 Å². The van der Waals surface area contributed by atoms with Crippen molar-refractivity contribution in [2.45, 2.75) is 64.9 Å². The number of aliphatic hydroxyl groups excluding tert-OH is 1. The van der Waals surface area contributed by atoms with E-state index in [2.05, 4.69) is 19.1 Å². The average molecular weight is 184 g/mol. The molecule has 0 amide bonds. The molecule has 0 aliphatic heterocycles. The molecule has 1 atom stereocenters. The van der Waals surface area contributed by atoms with Crippen LogP contribution in [0.2, 0.25) is 0 Å². The van der Waals surface area contributed by atoms with Crippen LogP contribution in [0.15, 0.2) is 12.2 Å². The highest BCUT2D eigenvalue weighted by molar-refractivity contribution is 4.82. The second-order valence-corrected chi connectivity index (χ2v) is 3.76. The molecule has 0 bridgehead atoms. The Labute approximate surface area is 82.9 Å². The van der Waals surface area contributed by atoms with Gasteiger partial charge in [-0.2, -0.15) is 0 Å². The number of unbranched alkanes of at least 4 members (excludes halogenated alkanes) is 5. The molecule has 0 aliphatic carbocycles. The lowest BCUT2D eigenvalue weighted by Gasteiger charge is -1.97. The van der Waals surface area contributed by atoms with Crippen LogP contribution in [0, 0.1) is 0 Å². The van der Waals surface area contributed by atoms with Crippen LogP contribution in [0.4, 0.5) is 0 Å². The third-order valence-corrected chi connectivity index (χ3v) is 2.12. The van der Waals surface area contributed by atoms with Crippen molar-refractivity contribution >= 4 is 0 Å². The van der Waals surface area contributed by atoms with Crippen molar-refractivity contribution in [3.05, 3.63) is 12.2 Å². The summed E-state index contributed by atoms with van der Waals surface area (Å²) in [6.07, 6.45) is 12.8. The quantitative estimate of drug-likeness (QED) is 0.451. The first kappa shape index (κ1) is 12.7. The predicted octanol–water partition coefficient (Wildman–Crippen LogP) is 3.67. The molecule has 0 radical (unpaired) electrons. The van der Waals surface area contributed by atoms with Crippen molar-refractivity contribution in [3.63, 3.8) is 0 Å². The molecule has 0 saturated heterocycles. The Hall–Kier alpha value is -0.300. The molecule has 0 aromatic heterocycles. The maximum Gasteiger partial charge on any atom is 0.0546 e. The molecule has 13 heavy (non-hydrogen) atoms. The van der Waals surface area contributed by atoms with Crippen molar-refractivity contribution in [1.29, 1.82) is 0 Å². The minimum atomic E-state index is -0.184. The number of hydrogen-bond acceptors (Lipinski definition) is 1. The molecule has 0 aromatic carbocycles. The van der Waals surface area contributed by atoms with E-state index < -0.39 is 0 Å². The maximum atomic E-state index is 8.97. The van der Waals surface area contributed by atoms with Crippen LogP contribution in [0.1, 0.15) is 58.8 Å². The minimum Gasteiger partial charge on any atom is -0.393 e. The molecule has 0 saturated carbocycles. The minimum absolute atomic E-state index is 0.184. The van der Waals surface area contributed by atoms with Crippen LogP contribution >= 0.6 is 0 Å². The highest BCUT2D eigenvalue weighted by Gasteiger charge is 1.89. The molecule has 78 valence electrons. The second-order valence-electron chi connectivity index (χ2n) is 3.76. The van der Waals surface area contributed by atoms with E-state index in [0.29, 0.717) is 0 Å². The molecule has 0 rings (SSSR count). The third kappa shape index (κ3) is 11.7. The first-order valence-corrected chi connectivity index (χ1v) is 5.60. The van der Waals surface area contributed by atoms with Crippen molar-refractivity contribution in [2.75, 3.05) is 0 Å². The van der Waals surface area contributed by atoms with E-state index in [1.54, 1.807) is 0 Å². The predicted molar refractivity (Wildman–Crippen MR) is 58.8 cm³/mol. The Kier molecular flexibility index (Phi) is 9.56. The number of allylic oxidation sites excluding steroid dienone is 1. The zero-order chi connectivity index (χ0) is 9.94. The summed E-state index contributed by atoms with van der Waals surface area (Å²) in [5, 5.41) is 8.97. The summed E-state index contributed by atoms with van der Waals surface area (Å²) < 4.78 is 0. The lowest BCUT2D eigenvalue weighted by molar-refractivity contribution is 0.198. The Morgan fingerprint density at radius 2 is 1.77 bits per heavy atom. The highest BCUT2D eigenvalue weighted by Crippen LogP contribution is 2.05. The first-order valence-electron chi connectivity index (χ1n) is 5.60. The average Bonchev–Trinajstić information content (AvgIpc) is 2.09. The zero-order valence-electron chi connectivity index (χ0n) is 9.13. The number of hydrogen-bond donors (Lipinski definition) is 1. The smallest absolute Gasteiger partial charge is 0.0546 e. The molecule has 1 N–H and O–H groups in total. The molecule has 1 nitrogen and oxygen atoms in total. The van der Waals surface area contributed by atoms with E-state index in [0.717, 1.165) is 6.42 Å². The van der Waals surface area contributed by atoms with Gasteiger partial charge in [-0.25, -0.2) is 0 Å². The van der Waals surface area contributed by atoms with Gasteiger partial charge >= 0.3 is 0 Å². The molecule has 1 unspecified atom stereocenters. The van der Waals surface area contributed by atoms with Gasteiger partial charge in [-0.05, 0) is 26.2 Å². The lowest BCUT2D eigenvalue weighted by Crippen LogP contribution is -1.95. The fraction of sp³-hybridized carbons (Fsp3) is 0.833. The van der Waals surface area contributed by atoms with Gasteiger partial charge in [0.15, 0.2) is 0 Å². The summed E-state index contributed by atoms with van der Waals surface area (Å²) in [5.41, 5.74) is 0. The van der Waals surface area contributed by atoms with Crippen LogP contribution < -0.4 is 0 Å². The van der Waals surface area contributed by atoms with Gasteiger partial charge in [0.1, 0.15) is 0 Å². The van der Waals surface area contributed by atoms with E-state index in [-0.39, 0.29) is 6.10 Å². The van der Waals surface area contributed by atoms with Gasteiger partial charge in [-0.3, -0.25) is 0 Å². The van der Waals surface area contributed by atoms with Gasteiger partial charge in [-0.1, -0.05) is 44.8 Å². The molecular formula is C12H24O. The van der Waals surface area contributed by atoms with Gasteiger partial charge in [0.2, 0.25) is 0 Å². The van der Waals surface area contributed by atoms with E-state index in [1.807, 2.05) is 6.92 Å². The maximum absolute atomic E-state index is 8.97. The van der Waals surface area contributed by atoms with Crippen molar-refractivity contribution in [2.24, 2.45) is 0 Å². The molecule has 0 aromatic rings. The molecule has 0 heterocycles. The van der Waals surface area contributed by atoms with Gasteiger partial charge in [0.25, 0.3) is 0 Å². The third-order valence-electron chi connectivity index (χ3n) is 2.12. The first-order chi connectivity index (χ1) is 6.27. The highest BCUT2D eigenvalue weighted by atomic mass is 16.3. The van der Waals surface area contributed by atoms with Gasteiger partial charge in [0.05, 0.1) is 6.10 Å². The molecule has 0 aliphatic rings. The van der Waals surface area contributed by atoms with E-state index in [1.165, 1.54) is 38.5 Å². The lowest BCUT2D eigenvalue weighted by atomic mass is 10.1. The largest absolute Gasteiger partial charge is 0.393 e. The molecule has 1 heteroatoms. The summed E-state index contributed by atoms with van der Waals surface area (Å²) in [5.74, 6) is 0. The van der Waals surface area contributed by atoms with Crippen LogP contribution in [0.3, 0.4) is 0 Å².